The number of aromatic carboxylic acids is 1. The first-order valence-electron chi connectivity index (χ1n) is 6.14. The molecular weight excluding hydrogens is 268 g/mol. The van der Waals surface area contributed by atoms with Crippen LogP contribution >= 0.6 is 0 Å². The van der Waals surface area contributed by atoms with Crippen molar-refractivity contribution in [2.24, 2.45) is 0 Å². The van der Waals surface area contributed by atoms with Crippen LogP contribution in [-0.2, 0) is 0 Å². The Kier molecular flexibility index (Phi) is 3.57. The smallest absolute Gasteiger partial charge is 0.341 e. The van der Waals surface area contributed by atoms with Gasteiger partial charge in [0.2, 0.25) is 5.43 Å². The summed E-state index contributed by atoms with van der Waals surface area (Å²) in [7, 11) is 0. The van der Waals surface area contributed by atoms with E-state index in [4.69, 9.17) is 5.11 Å². The molecule has 4 nitrogen and oxygen atoms in total. The van der Waals surface area contributed by atoms with Gasteiger partial charge in [-0.05, 0) is 19.4 Å². The van der Waals surface area contributed by atoms with Crippen LogP contribution in [0.15, 0.2) is 23.1 Å². The fourth-order valence-corrected chi connectivity index (χ4v) is 2.11. The topological polar surface area (TPSA) is 59.3 Å². The molecule has 0 saturated heterocycles. The van der Waals surface area contributed by atoms with Crippen molar-refractivity contribution in [2.75, 3.05) is 0 Å². The van der Waals surface area contributed by atoms with Crippen molar-refractivity contribution in [2.45, 2.75) is 26.3 Å². The van der Waals surface area contributed by atoms with Crippen LogP contribution in [0.5, 0.6) is 0 Å². The average molecular weight is 281 g/mol. The number of rotatable bonds is 3. The number of fused-ring (bicyclic) bond motifs is 1. The Hall–Kier alpha value is -2.24. The molecule has 0 saturated carbocycles. The normalized spacial score (nSPS) is 12.6. The standard InChI is InChI=1S/C14H13F2NO3/c1-3-7(2)17-6-10(14(19)20)13(18)9-4-8(15)5-11(16)12(9)17/h4-7H,3H2,1-2H3,(H,19,20). The Morgan fingerprint density at radius 3 is 2.60 bits per heavy atom. The molecule has 0 aliphatic heterocycles. The quantitative estimate of drug-likeness (QED) is 0.941. The summed E-state index contributed by atoms with van der Waals surface area (Å²) in [6.07, 6.45) is 1.72. The summed E-state index contributed by atoms with van der Waals surface area (Å²) < 4.78 is 28.6. The van der Waals surface area contributed by atoms with E-state index in [1.807, 2.05) is 6.92 Å². The summed E-state index contributed by atoms with van der Waals surface area (Å²) in [5.41, 5.74) is -1.45. The first kappa shape index (κ1) is 14.2. The third-order valence-electron chi connectivity index (χ3n) is 3.34. The van der Waals surface area contributed by atoms with Crippen LogP contribution in [0.25, 0.3) is 10.9 Å². The van der Waals surface area contributed by atoms with Gasteiger partial charge in [0.1, 0.15) is 11.4 Å². The lowest BCUT2D eigenvalue weighted by molar-refractivity contribution is 0.0694. The first-order valence-corrected chi connectivity index (χ1v) is 6.14. The summed E-state index contributed by atoms with van der Waals surface area (Å²) >= 11 is 0. The third-order valence-corrected chi connectivity index (χ3v) is 3.34. The first-order chi connectivity index (χ1) is 9.36. The monoisotopic (exact) mass is 281 g/mol. The zero-order valence-corrected chi connectivity index (χ0v) is 11.0. The van der Waals surface area contributed by atoms with E-state index in [1.165, 1.54) is 4.57 Å². The van der Waals surface area contributed by atoms with Crippen molar-refractivity contribution < 1.29 is 18.7 Å². The van der Waals surface area contributed by atoms with Crippen molar-refractivity contribution in [3.63, 3.8) is 0 Å². The van der Waals surface area contributed by atoms with Gasteiger partial charge < -0.3 is 9.67 Å². The van der Waals surface area contributed by atoms with Crippen molar-refractivity contribution in [3.05, 3.63) is 45.8 Å². The van der Waals surface area contributed by atoms with Crippen molar-refractivity contribution >= 4 is 16.9 Å². The molecular formula is C14H13F2NO3. The lowest BCUT2D eigenvalue weighted by atomic mass is 10.1. The highest BCUT2D eigenvalue weighted by molar-refractivity contribution is 5.92. The van der Waals surface area contributed by atoms with Gasteiger partial charge in [-0.1, -0.05) is 6.92 Å². The minimum atomic E-state index is -1.42. The second-order valence-corrected chi connectivity index (χ2v) is 4.63. The molecule has 0 fully saturated rings. The highest BCUT2D eigenvalue weighted by Gasteiger charge is 2.19. The maximum Gasteiger partial charge on any atom is 0.341 e. The number of carboxylic acids is 1. The van der Waals surface area contributed by atoms with Gasteiger partial charge in [-0.15, -0.1) is 0 Å². The van der Waals surface area contributed by atoms with E-state index in [-0.39, 0.29) is 16.9 Å². The molecule has 6 heteroatoms. The maximum atomic E-state index is 14.0. The highest BCUT2D eigenvalue weighted by Crippen LogP contribution is 2.23. The minimum Gasteiger partial charge on any atom is -0.477 e. The molecule has 0 aliphatic rings. The van der Waals surface area contributed by atoms with E-state index >= 15 is 0 Å². The number of benzene rings is 1. The predicted octanol–water partition coefficient (Wildman–Crippen LogP) is 2.95. The molecule has 2 rings (SSSR count). The number of aromatic nitrogens is 1. The zero-order chi connectivity index (χ0) is 15.0. The zero-order valence-electron chi connectivity index (χ0n) is 11.0. The van der Waals surface area contributed by atoms with E-state index in [0.29, 0.717) is 12.5 Å². The van der Waals surface area contributed by atoms with Gasteiger partial charge in [0, 0.05) is 18.3 Å². The lowest BCUT2D eigenvalue weighted by Crippen LogP contribution is -2.21. The Labute approximate surface area is 113 Å². The molecule has 0 aliphatic carbocycles. The SMILES string of the molecule is CCC(C)n1cc(C(=O)O)c(=O)c2cc(F)cc(F)c21. The minimum absolute atomic E-state index is 0.0734. The lowest BCUT2D eigenvalue weighted by Gasteiger charge is -2.18. The Bertz CT molecular complexity index is 752. The molecule has 1 N–H and O–H groups in total. The van der Waals surface area contributed by atoms with Crippen LogP contribution in [0.4, 0.5) is 8.78 Å². The van der Waals surface area contributed by atoms with E-state index < -0.39 is 28.6 Å². The number of nitrogens with zero attached hydrogens (tertiary/aromatic N) is 1. The summed E-state index contributed by atoms with van der Waals surface area (Å²) in [6, 6.07) is 1.32. The van der Waals surface area contributed by atoms with Gasteiger partial charge >= 0.3 is 5.97 Å². The number of carboxylic acid groups (broad SMARTS) is 1. The Balaban J connectivity index is 3.01. The summed E-state index contributed by atoms with van der Waals surface area (Å²) in [6.45, 7) is 3.61. The Morgan fingerprint density at radius 1 is 1.40 bits per heavy atom. The van der Waals surface area contributed by atoms with Crippen LogP contribution < -0.4 is 5.43 Å². The van der Waals surface area contributed by atoms with Crippen molar-refractivity contribution in [1.29, 1.82) is 0 Å². The molecule has 1 heterocycles. The summed E-state index contributed by atoms with van der Waals surface area (Å²) in [5.74, 6) is -3.21. The van der Waals surface area contributed by atoms with Crippen LogP contribution in [0.3, 0.4) is 0 Å². The molecule has 0 bridgehead atoms. The van der Waals surface area contributed by atoms with Gasteiger partial charge in [-0.25, -0.2) is 13.6 Å². The molecule has 1 atom stereocenters. The fourth-order valence-electron chi connectivity index (χ4n) is 2.11. The van der Waals surface area contributed by atoms with Gasteiger partial charge in [0.25, 0.3) is 0 Å². The van der Waals surface area contributed by atoms with Gasteiger partial charge in [0.05, 0.1) is 10.9 Å². The molecule has 1 aromatic heterocycles. The summed E-state index contributed by atoms with van der Waals surface area (Å²) in [5, 5.41) is 8.78. The molecule has 1 aromatic carbocycles. The van der Waals surface area contributed by atoms with Crippen LogP contribution in [0.1, 0.15) is 36.7 Å². The molecule has 2 aromatic rings. The van der Waals surface area contributed by atoms with Crippen LogP contribution in [0.2, 0.25) is 0 Å². The van der Waals surface area contributed by atoms with Gasteiger partial charge in [-0.2, -0.15) is 0 Å². The number of pyridine rings is 1. The Morgan fingerprint density at radius 2 is 2.05 bits per heavy atom. The van der Waals surface area contributed by atoms with E-state index in [9.17, 15) is 18.4 Å². The second kappa shape index (κ2) is 5.03. The summed E-state index contributed by atoms with van der Waals surface area (Å²) in [4.78, 5) is 23.1. The van der Waals surface area contributed by atoms with Crippen molar-refractivity contribution in [1.82, 2.24) is 4.57 Å². The van der Waals surface area contributed by atoms with E-state index in [2.05, 4.69) is 0 Å². The van der Waals surface area contributed by atoms with E-state index in [0.717, 1.165) is 12.3 Å². The average Bonchev–Trinajstić information content (AvgIpc) is 2.38. The van der Waals surface area contributed by atoms with Gasteiger partial charge in [0.15, 0.2) is 5.82 Å². The maximum absolute atomic E-state index is 14.0. The number of hydrogen-bond donors (Lipinski definition) is 1. The van der Waals surface area contributed by atoms with Crippen LogP contribution in [0, 0.1) is 11.6 Å². The molecule has 0 amide bonds. The molecule has 20 heavy (non-hydrogen) atoms. The number of halogens is 2. The largest absolute Gasteiger partial charge is 0.477 e. The molecule has 1 unspecified atom stereocenters. The number of carbonyl (C=O) groups is 1. The molecule has 0 spiro atoms. The van der Waals surface area contributed by atoms with E-state index in [1.54, 1.807) is 6.92 Å². The number of hydrogen-bond acceptors (Lipinski definition) is 2. The van der Waals surface area contributed by atoms with Gasteiger partial charge in [-0.3, -0.25) is 4.79 Å². The third kappa shape index (κ3) is 2.17. The second-order valence-electron chi connectivity index (χ2n) is 4.63. The van der Waals surface area contributed by atoms with Crippen molar-refractivity contribution in [3.8, 4) is 0 Å². The predicted molar refractivity (Wildman–Crippen MR) is 70.1 cm³/mol. The van der Waals surface area contributed by atoms with Crippen LogP contribution in [-0.4, -0.2) is 15.6 Å². The molecule has 106 valence electrons. The highest BCUT2D eigenvalue weighted by atomic mass is 19.1. The fraction of sp³-hybridized carbons (Fsp3) is 0.286. The molecule has 0 radical (unpaired) electrons.